The summed E-state index contributed by atoms with van der Waals surface area (Å²) >= 11 is 1.73. The van der Waals surface area contributed by atoms with Gasteiger partial charge < -0.3 is 10.1 Å². The molecule has 1 N–H and O–H groups in total. The van der Waals surface area contributed by atoms with Crippen LogP contribution in [-0.2, 0) is 16.9 Å². The van der Waals surface area contributed by atoms with Gasteiger partial charge in [-0.3, -0.25) is 0 Å². The first-order valence-corrected chi connectivity index (χ1v) is 8.42. The van der Waals surface area contributed by atoms with E-state index in [-0.39, 0.29) is 5.54 Å². The molecule has 4 heteroatoms. The molecule has 0 saturated carbocycles. The van der Waals surface area contributed by atoms with Crippen LogP contribution in [0.5, 0.6) is 0 Å². The van der Waals surface area contributed by atoms with Gasteiger partial charge >= 0.3 is 0 Å². The molecule has 0 amide bonds. The number of nitrogens with zero attached hydrogens (tertiary/aromatic N) is 1. The number of hydrogen-bond donors (Lipinski definition) is 1. The van der Waals surface area contributed by atoms with E-state index in [2.05, 4.69) is 55.7 Å². The fourth-order valence-electron chi connectivity index (χ4n) is 2.90. The summed E-state index contributed by atoms with van der Waals surface area (Å²) in [5, 5.41) is 6.93. The van der Waals surface area contributed by atoms with Gasteiger partial charge in [0.05, 0.1) is 18.9 Å². The standard InChI is InChI=1S/C17H22N2OS/c1-4-18-17(16-19-15(10-21-16)12(2)3)11-20-9-13-7-5-6-8-14(13)17/h5-8,10,12,18H,4,9,11H2,1-3H3. The molecule has 0 saturated heterocycles. The van der Waals surface area contributed by atoms with Gasteiger partial charge in [0.25, 0.3) is 0 Å². The zero-order valence-corrected chi connectivity index (χ0v) is 13.7. The zero-order chi connectivity index (χ0) is 14.9. The van der Waals surface area contributed by atoms with Gasteiger partial charge in [-0.25, -0.2) is 4.98 Å². The van der Waals surface area contributed by atoms with Crippen molar-refractivity contribution in [2.24, 2.45) is 0 Å². The molecule has 0 radical (unpaired) electrons. The Morgan fingerprint density at radius 1 is 1.38 bits per heavy atom. The van der Waals surface area contributed by atoms with Crippen LogP contribution in [0.15, 0.2) is 29.6 Å². The number of hydrogen-bond acceptors (Lipinski definition) is 4. The Hall–Kier alpha value is -1.23. The van der Waals surface area contributed by atoms with Crippen LogP contribution in [0.3, 0.4) is 0 Å². The Labute approximate surface area is 130 Å². The van der Waals surface area contributed by atoms with Crippen molar-refractivity contribution in [3.8, 4) is 0 Å². The molecule has 0 fully saturated rings. The number of fused-ring (bicyclic) bond motifs is 1. The summed E-state index contributed by atoms with van der Waals surface area (Å²) in [6, 6.07) is 8.54. The third-order valence-electron chi connectivity index (χ3n) is 4.01. The van der Waals surface area contributed by atoms with Gasteiger partial charge in [0.1, 0.15) is 10.5 Å². The largest absolute Gasteiger partial charge is 0.374 e. The predicted molar refractivity (Wildman–Crippen MR) is 86.8 cm³/mol. The highest BCUT2D eigenvalue weighted by molar-refractivity contribution is 7.09. The lowest BCUT2D eigenvalue weighted by Gasteiger charge is -2.38. The van der Waals surface area contributed by atoms with Gasteiger partial charge in [-0.15, -0.1) is 11.3 Å². The van der Waals surface area contributed by atoms with Gasteiger partial charge in [-0.1, -0.05) is 45.0 Å². The van der Waals surface area contributed by atoms with Crippen molar-refractivity contribution >= 4 is 11.3 Å². The van der Waals surface area contributed by atoms with E-state index < -0.39 is 0 Å². The molecule has 21 heavy (non-hydrogen) atoms. The zero-order valence-electron chi connectivity index (χ0n) is 12.8. The molecule has 1 aliphatic rings. The molecule has 0 spiro atoms. The lowest BCUT2D eigenvalue weighted by Crippen LogP contribution is -2.49. The second-order valence-electron chi connectivity index (χ2n) is 5.82. The molecule has 1 aliphatic heterocycles. The molecule has 1 atom stereocenters. The lowest BCUT2D eigenvalue weighted by molar-refractivity contribution is 0.0530. The van der Waals surface area contributed by atoms with E-state index in [4.69, 9.17) is 9.72 Å². The number of nitrogens with one attached hydrogen (secondary N) is 1. The van der Waals surface area contributed by atoms with Crippen LogP contribution in [0, 0.1) is 0 Å². The normalized spacial score (nSPS) is 21.5. The molecule has 3 rings (SSSR count). The minimum absolute atomic E-state index is 0.304. The summed E-state index contributed by atoms with van der Waals surface area (Å²) in [7, 11) is 0. The van der Waals surface area contributed by atoms with Crippen molar-refractivity contribution in [3.05, 3.63) is 51.5 Å². The Kier molecular flexibility index (Phi) is 4.11. The highest BCUT2D eigenvalue weighted by Gasteiger charge is 2.41. The molecule has 1 unspecified atom stereocenters. The predicted octanol–water partition coefficient (Wildman–Crippen LogP) is 3.65. The highest BCUT2D eigenvalue weighted by Crippen LogP contribution is 2.38. The van der Waals surface area contributed by atoms with Crippen molar-refractivity contribution in [2.75, 3.05) is 13.2 Å². The Morgan fingerprint density at radius 3 is 2.90 bits per heavy atom. The second kappa shape index (κ2) is 5.87. The van der Waals surface area contributed by atoms with E-state index in [1.165, 1.54) is 11.1 Å². The van der Waals surface area contributed by atoms with Crippen LogP contribution in [0.4, 0.5) is 0 Å². The van der Waals surface area contributed by atoms with Gasteiger partial charge in [0, 0.05) is 5.38 Å². The number of rotatable bonds is 4. The minimum atomic E-state index is -0.304. The molecular formula is C17H22N2OS. The summed E-state index contributed by atoms with van der Waals surface area (Å²) in [6.45, 7) is 8.72. The van der Waals surface area contributed by atoms with E-state index in [1.54, 1.807) is 11.3 Å². The number of likely N-dealkylation sites (N-methyl/N-ethyl adjacent to an activating group) is 1. The van der Waals surface area contributed by atoms with Gasteiger partial charge in [0.15, 0.2) is 0 Å². The van der Waals surface area contributed by atoms with Crippen molar-refractivity contribution in [2.45, 2.75) is 38.8 Å². The van der Waals surface area contributed by atoms with Crippen LogP contribution < -0.4 is 5.32 Å². The maximum Gasteiger partial charge on any atom is 0.120 e. The average molecular weight is 302 g/mol. The monoisotopic (exact) mass is 302 g/mol. The van der Waals surface area contributed by atoms with Crippen molar-refractivity contribution < 1.29 is 4.74 Å². The van der Waals surface area contributed by atoms with Crippen LogP contribution in [0.25, 0.3) is 0 Å². The van der Waals surface area contributed by atoms with E-state index in [0.717, 1.165) is 17.2 Å². The Bertz CT molecular complexity index is 623. The lowest BCUT2D eigenvalue weighted by atomic mass is 9.85. The third-order valence-corrected chi connectivity index (χ3v) is 5.03. The number of benzene rings is 1. The molecule has 0 aliphatic carbocycles. The first kappa shape index (κ1) is 14.7. The topological polar surface area (TPSA) is 34.2 Å². The van der Waals surface area contributed by atoms with Crippen molar-refractivity contribution in [1.29, 1.82) is 0 Å². The maximum absolute atomic E-state index is 5.89. The molecule has 2 aromatic rings. The number of ether oxygens (including phenoxy) is 1. The Morgan fingerprint density at radius 2 is 2.19 bits per heavy atom. The number of thiazole rings is 1. The minimum Gasteiger partial charge on any atom is -0.374 e. The molecule has 112 valence electrons. The molecule has 2 heterocycles. The van der Waals surface area contributed by atoms with E-state index >= 15 is 0 Å². The van der Waals surface area contributed by atoms with Crippen LogP contribution in [-0.4, -0.2) is 18.1 Å². The van der Waals surface area contributed by atoms with Crippen molar-refractivity contribution in [3.63, 3.8) is 0 Å². The second-order valence-corrected chi connectivity index (χ2v) is 6.68. The van der Waals surface area contributed by atoms with E-state index in [1.807, 2.05) is 0 Å². The molecule has 1 aromatic heterocycles. The van der Waals surface area contributed by atoms with E-state index in [9.17, 15) is 0 Å². The maximum atomic E-state index is 5.89. The SMILES string of the molecule is CCNC1(c2nc(C(C)C)cs2)COCc2ccccc21. The van der Waals surface area contributed by atoms with Gasteiger partial charge in [-0.2, -0.15) is 0 Å². The summed E-state index contributed by atoms with van der Waals surface area (Å²) in [5.74, 6) is 0.452. The summed E-state index contributed by atoms with van der Waals surface area (Å²) in [4.78, 5) is 4.90. The summed E-state index contributed by atoms with van der Waals surface area (Å²) in [6.07, 6.45) is 0. The summed E-state index contributed by atoms with van der Waals surface area (Å²) in [5.41, 5.74) is 3.42. The molecule has 0 bridgehead atoms. The summed E-state index contributed by atoms with van der Waals surface area (Å²) < 4.78 is 5.89. The molecule has 3 nitrogen and oxygen atoms in total. The molecular weight excluding hydrogens is 280 g/mol. The van der Waals surface area contributed by atoms with Gasteiger partial charge in [0.2, 0.25) is 0 Å². The third kappa shape index (κ3) is 2.52. The van der Waals surface area contributed by atoms with Crippen LogP contribution >= 0.6 is 11.3 Å². The Balaban J connectivity index is 2.12. The van der Waals surface area contributed by atoms with Crippen molar-refractivity contribution in [1.82, 2.24) is 10.3 Å². The van der Waals surface area contributed by atoms with Crippen LogP contribution in [0.1, 0.15) is 48.5 Å². The first-order valence-electron chi connectivity index (χ1n) is 7.54. The smallest absolute Gasteiger partial charge is 0.120 e. The fraction of sp³-hybridized carbons (Fsp3) is 0.471. The first-order chi connectivity index (χ1) is 10.2. The number of aromatic nitrogens is 1. The van der Waals surface area contributed by atoms with Gasteiger partial charge in [-0.05, 0) is 23.6 Å². The average Bonchev–Trinajstić information content (AvgIpc) is 2.98. The fourth-order valence-corrected chi connectivity index (χ4v) is 4.06. The molecule has 1 aromatic carbocycles. The highest BCUT2D eigenvalue weighted by atomic mass is 32.1. The quantitative estimate of drug-likeness (QED) is 0.936. The van der Waals surface area contributed by atoms with E-state index in [0.29, 0.717) is 19.1 Å². The van der Waals surface area contributed by atoms with Crippen LogP contribution in [0.2, 0.25) is 0 Å².